The van der Waals surface area contributed by atoms with Gasteiger partial charge in [-0.2, -0.15) is 0 Å². The monoisotopic (exact) mass is 242 g/mol. The highest BCUT2D eigenvalue weighted by atomic mass is 16.4. The van der Waals surface area contributed by atoms with Crippen LogP contribution in [0.1, 0.15) is 33.6 Å². The van der Waals surface area contributed by atoms with E-state index in [4.69, 9.17) is 5.11 Å². The maximum Gasteiger partial charge on any atom is 0.326 e. The first-order valence-corrected chi connectivity index (χ1v) is 5.91. The quantitative estimate of drug-likeness (QED) is 0.470. The molecule has 3 N–H and O–H groups in total. The van der Waals surface area contributed by atoms with Crippen molar-refractivity contribution in [1.29, 1.82) is 0 Å². The largest absolute Gasteiger partial charge is 0.480 e. The molecule has 1 unspecified atom stereocenters. The van der Waals surface area contributed by atoms with Crippen molar-refractivity contribution in [2.45, 2.75) is 39.7 Å². The molecule has 0 radical (unpaired) electrons. The van der Waals surface area contributed by atoms with Gasteiger partial charge in [0.25, 0.3) is 0 Å². The fourth-order valence-corrected chi connectivity index (χ4v) is 1.31. The van der Waals surface area contributed by atoms with Crippen LogP contribution in [0.4, 0.5) is 4.79 Å². The van der Waals surface area contributed by atoms with Crippen LogP contribution in [0, 0.1) is 5.92 Å². The molecule has 0 spiro atoms. The van der Waals surface area contributed by atoms with Crippen molar-refractivity contribution in [3.63, 3.8) is 0 Å². The van der Waals surface area contributed by atoms with Gasteiger partial charge in [-0.25, -0.2) is 9.59 Å². The van der Waals surface area contributed by atoms with Gasteiger partial charge < -0.3 is 15.7 Å². The highest BCUT2D eigenvalue weighted by Gasteiger charge is 2.24. The molecule has 0 heterocycles. The van der Waals surface area contributed by atoms with Gasteiger partial charge in [0.1, 0.15) is 6.04 Å². The molecule has 2 atom stereocenters. The molecular formula is C12H22N2O3. The average Bonchev–Trinajstić information content (AvgIpc) is 2.30. The number of urea groups is 1. The molecule has 0 saturated heterocycles. The second-order valence-electron chi connectivity index (χ2n) is 3.96. The normalized spacial score (nSPS) is 14.3. The van der Waals surface area contributed by atoms with Crippen LogP contribution in [0.25, 0.3) is 0 Å². The van der Waals surface area contributed by atoms with E-state index in [0.717, 1.165) is 6.42 Å². The summed E-state index contributed by atoms with van der Waals surface area (Å²) in [7, 11) is 0. The molecule has 0 bridgehead atoms. The molecule has 0 aliphatic carbocycles. The van der Waals surface area contributed by atoms with Crippen LogP contribution in [0.15, 0.2) is 12.2 Å². The Kier molecular flexibility index (Phi) is 7.84. The van der Waals surface area contributed by atoms with Crippen LogP contribution < -0.4 is 10.6 Å². The first kappa shape index (κ1) is 15.5. The maximum absolute atomic E-state index is 11.4. The Labute approximate surface area is 102 Å². The van der Waals surface area contributed by atoms with E-state index in [1.54, 1.807) is 6.92 Å². The van der Waals surface area contributed by atoms with Gasteiger partial charge in [-0.15, -0.1) is 0 Å². The van der Waals surface area contributed by atoms with E-state index >= 15 is 0 Å². The topological polar surface area (TPSA) is 78.4 Å². The molecule has 0 aliphatic heterocycles. The van der Waals surface area contributed by atoms with Gasteiger partial charge in [-0.3, -0.25) is 0 Å². The van der Waals surface area contributed by atoms with Crippen LogP contribution in [-0.2, 0) is 4.79 Å². The molecule has 17 heavy (non-hydrogen) atoms. The SMILES string of the molecule is C/C=C/CCNC(=O)N[C@H](C(=O)O)C(C)CC. The predicted octanol–water partition coefficient (Wildman–Crippen LogP) is 1.75. The summed E-state index contributed by atoms with van der Waals surface area (Å²) in [6, 6.07) is -1.26. The molecule has 2 amide bonds. The third-order valence-electron chi connectivity index (χ3n) is 2.60. The number of carbonyl (C=O) groups excluding carboxylic acids is 1. The van der Waals surface area contributed by atoms with Gasteiger partial charge in [-0.1, -0.05) is 32.4 Å². The van der Waals surface area contributed by atoms with Gasteiger partial charge in [0.2, 0.25) is 0 Å². The van der Waals surface area contributed by atoms with E-state index in [1.165, 1.54) is 0 Å². The number of hydrogen-bond donors (Lipinski definition) is 3. The first-order valence-electron chi connectivity index (χ1n) is 5.91. The summed E-state index contributed by atoms with van der Waals surface area (Å²) in [5.74, 6) is -1.09. The van der Waals surface area contributed by atoms with Crippen molar-refractivity contribution in [2.75, 3.05) is 6.54 Å². The molecule has 0 aromatic carbocycles. The molecule has 0 aromatic rings. The third kappa shape index (κ3) is 6.60. The van der Waals surface area contributed by atoms with Crippen LogP contribution in [-0.4, -0.2) is 29.7 Å². The van der Waals surface area contributed by atoms with E-state index < -0.39 is 18.0 Å². The van der Waals surface area contributed by atoms with Gasteiger partial charge in [0.05, 0.1) is 0 Å². The number of hydrogen-bond acceptors (Lipinski definition) is 2. The van der Waals surface area contributed by atoms with Crippen molar-refractivity contribution >= 4 is 12.0 Å². The van der Waals surface area contributed by atoms with Crippen LogP contribution in [0.2, 0.25) is 0 Å². The van der Waals surface area contributed by atoms with E-state index in [1.807, 2.05) is 26.0 Å². The highest BCUT2D eigenvalue weighted by molar-refractivity contribution is 5.82. The first-order chi connectivity index (χ1) is 8.02. The van der Waals surface area contributed by atoms with Crippen molar-refractivity contribution < 1.29 is 14.7 Å². The molecule has 0 aromatic heterocycles. The Morgan fingerprint density at radius 2 is 2.06 bits per heavy atom. The standard InChI is InChI=1S/C12H22N2O3/c1-4-6-7-8-13-12(17)14-10(11(15)16)9(3)5-2/h4,6,9-10H,5,7-8H2,1-3H3,(H,15,16)(H2,13,14,17)/b6-4+/t9?,10-/m0/s1. The third-order valence-corrected chi connectivity index (χ3v) is 2.60. The molecule has 98 valence electrons. The Balaban J connectivity index is 4.09. The molecular weight excluding hydrogens is 220 g/mol. The van der Waals surface area contributed by atoms with E-state index in [2.05, 4.69) is 10.6 Å². The number of rotatable bonds is 7. The van der Waals surface area contributed by atoms with Crippen LogP contribution >= 0.6 is 0 Å². The number of aliphatic carboxylic acids is 1. The summed E-state index contributed by atoms with van der Waals surface area (Å²) in [6.07, 6.45) is 5.28. The smallest absolute Gasteiger partial charge is 0.326 e. The Morgan fingerprint density at radius 1 is 1.41 bits per heavy atom. The van der Waals surface area contributed by atoms with Crippen molar-refractivity contribution in [1.82, 2.24) is 10.6 Å². The van der Waals surface area contributed by atoms with Crippen molar-refractivity contribution in [2.24, 2.45) is 5.92 Å². The van der Waals surface area contributed by atoms with Crippen molar-refractivity contribution in [3.05, 3.63) is 12.2 Å². The average molecular weight is 242 g/mol. The lowest BCUT2D eigenvalue weighted by Crippen LogP contribution is -2.49. The van der Waals surface area contributed by atoms with E-state index in [-0.39, 0.29) is 5.92 Å². The number of nitrogens with one attached hydrogen (secondary N) is 2. The Hall–Kier alpha value is -1.52. The van der Waals surface area contributed by atoms with Gasteiger partial charge in [0.15, 0.2) is 0 Å². The number of allylic oxidation sites excluding steroid dienone is 1. The minimum absolute atomic E-state index is 0.0891. The van der Waals surface area contributed by atoms with Gasteiger partial charge in [-0.05, 0) is 19.3 Å². The summed E-state index contributed by atoms with van der Waals surface area (Å²) in [5, 5.41) is 14.1. The zero-order chi connectivity index (χ0) is 13.3. The second-order valence-corrected chi connectivity index (χ2v) is 3.96. The number of carbonyl (C=O) groups is 2. The van der Waals surface area contributed by atoms with E-state index in [0.29, 0.717) is 13.0 Å². The van der Waals surface area contributed by atoms with Gasteiger partial charge in [0, 0.05) is 6.54 Å². The number of amides is 2. The lowest BCUT2D eigenvalue weighted by Gasteiger charge is -2.20. The maximum atomic E-state index is 11.4. The zero-order valence-electron chi connectivity index (χ0n) is 10.7. The lowest BCUT2D eigenvalue weighted by molar-refractivity contribution is -0.140. The van der Waals surface area contributed by atoms with Crippen LogP contribution in [0.3, 0.4) is 0 Å². The number of carboxylic acids is 1. The minimum Gasteiger partial charge on any atom is -0.480 e. The summed E-state index contributed by atoms with van der Waals surface area (Å²) in [6.45, 7) is 6.11. The Bertz CT molecular complexity index is 277. The molecule has 0 rings (SSSR count). The van der Waals surface area contributed by atoms with Crippen LogP contribution in [0.5, 0.6) is 0 Å². The summed E-state index contributed by atoms with van der Waals surface area (Å²) in [5.41, 5.74) is 0. The fourth-order valence-electron chi connectivity index (χ4n) is 1.31. The Morgan fingerprint density at radius 3 is 2.53 bits per heavy atom. The molecule has 0 saturated carbocycles. The lowest BCUT2D eigenvalue weighted by atomic mass is 9.99. The molecule has 5 heteroatoms. The molecule has 0 aliphatic rings. The second kappa shape index (κ2) is 8.61. The summed E-state index contributed by atoms with van der Waals surface area (Å²) in [4.78, 5) is 22.4. The van der Waals surface area contributed by atoms with E-state index in [9.17, 15) is 9.59 Å². The summed E-state index contributed by atoms with van der Waals surface area (Å²) < 4.78 is 0. The fraction of sp³-hybridized carbons (Fsp3) is 0.667. The number of carboxylic acid groups (broad SMARTS) is 1. The zero-order valence-corrected chi connectivity index (χ0v) is 10.7. The summed E-state index contributed by atoms with van der Waals surface area (Å²) >= 11 is 0. The molecule has 0 fully saturated rings. The minimum atomic E-state index is -0.997. The van der Waals surface area contributed by atoms with Crippen molar-refractivity contribution in [3.8, 4) is 0 Å². The van der Waals surface area contributed by atoms with Gasteiger partial charge >= 0.3 is 12.0 Å². The molecule has 5 nitrogen and oxygen atoms in total. The predicted molar refractivity (Wildman–Crippen MR) is 66.8 cm³/mol. The highest BCUT2D eigenvalue weighted by Crippen LogP contribution is 2.07.